The van der Waals surface area contributed by atoms with E-state index in [0.717, 1.165) is 6.08 Å². The minimum absolute atomic E-state index is 0.0465. The van der Waals surface area contributed by atoms with E-state index in [-0.39, 0.29) is 13.2 Å². The van der Waals surface area contributed by atoms with Crippen LogP contribution in [0.5, 0.6) is 0 Å². The van der Waals surface area contributed by atoms with Crippen LogP contribution < -0.4 is 0 Å². The van der Waals surface area contributed by atoms with Crippen molar-refractivity contribution in [2.45, 2.75) is 0 Å². The third-order valence-electron chi connectivity index (χ3n) is 0.871. The van der Waals surface area contributed by atoms with Gasteiger partial charge < -0.3 is 20.1 Å². The van der Waals surface area contributed by atoms with Gasteiger partial charge in [-0.15, -0.1) is 0 Å². The second kappa shape index (κ2) is 10.9. The van der Waals surface area contributed by atoms with Crippen molar-refractivity contribution in [1.29, 1.82) is 0 Å². The predicted octanol–water partition coefficient (Wildman–Crippen LogP) is -0.580. The van der Waals surface area contributed by atoms with Crippen molar-refractivity contribution in [1.82, 2.24) is 0 Å². The van der Waals surface area contributed by atoms with Crippen LogP contribution >= 0.6 is 0 Å². The first-order valence-electron chi connectivity index (χ1n) is 3.98. The molecule has 0 aromatic carbocycles. The number of esters is 1. The molecule has 0 bridgehead atoms. The van der Waals surface area contributed by atoms with Crippen molar-refractivity contribution in [3.8, 4) is 0 Å². The molecule has 0 aliphatic rings. The fraction of sp³-hybridized carbons (Fsp3) is 0.222. The number of carboxylic acids is 2. The van der Waals surface area contributed by atoms with Gasteiger partial charge in [-0.3, -0.25) is 0 Å². The molecule has 0 aliphatic heterocycles. The summed E-state index contributed by atoms with van der Waals surface area (Å²) < 4.78 is 4.33. The molecule has 0 aliphatic carbocycles. The molecule has 7 heteroatoms. The van der Waals surface area contributed by atoms with Crippen LogP contribution in [-0.4, -0.2) is 46.4 Å². The highest BCUT2D eigenvalue weighted by molar-refractivity contribution is 5.89. The minimum atomic E-state index is -1.26. The summed E-state index contributed by atoms with van der Waals surface area (Å²) in [5.41, 5.74) is 0. The van der Waals surface area contributed by atoms with Crippen LogP contribution in [0.2, 0.25) is 0 Å². The molecule has 0 amide bonds. The number of hydrogen-bond acceptors (Lipinski definition) is 5. The first-order valence-corrected chi connectivity index (χ1v) is 3.98. The highest BCUT2D eigenvalue weighted by Crippen LogP contribution is 1.75. The molecule has 7 nitrogen and oxygen atoms in total. The predicted molar refractivity (Wildman–Crippen MR) is 52.7 cm³/mol. The maximum absolute atomic E-state index is 10.1. The van der Waals surface area contributed by atoms with Gasteiger partial charge in [-0.25, -0.2) is 14.4 Å². The number of aliphatic hydroxyl groups excluding tert-OH is 1. The highest BCUT2D eigenvalue weighted by atomic mass is 16.5. The molecule has 16 heavy (non-hydrogen) atoms. The van der Waals surface area contributed by atoms with Crippen LogP contribution in [0.25, 0.3) is 0 Å². The van der Waals surface area contributed by atoms with Crippen LogP contribution in [0, 0.1) is 0 Å². The molecule has 0 unspecified atom stereocenters. The second-order valence-corrected chi connectivity index (χ2v) is 2.11. The molecule has 0 radical (unpaired) electrons. The average molecular weight is 232 g/mol. The van der Waals surface area contributed by atoms with Crippen molar-refractivity contribution < 1.29 is 34.4 Å². The molecule has 0 heterocycles. The molecule has 0 atom stereocenters. The van der Waals surface area contributed by atoms with E-state index in [0.29, 0.717) is 12.2 Å². The zero-order valence-corrected chi connectivity index (χ0v) is 8.33. The Balaban J connectivity index is 0. The van der Waals surface area contributed by atoms with Crippen molar-refractivity contribution in [3.05, 3.63) is 24.8 Å². The van der Waals surface area contributed by atoms with Gasteiger partial charge in [-0.05, 0) is 0 Å². The number of aliphatic hydroxyl groups is 1. The molecule has 0 rings (SSSR count). The normalized spacial score (nSPS) is 8.81. The molecule has 0 saturated heterocycles. The molecular weight excluding hydrogens is 220 g/mol. The zero-order valence-electron chi connectivity index (χ0n) is 8.33. The Hall–Kier alpha value is -2.15. The maximum atomic E-state index is 10.1. The Morgan fingerprint density at radius 3 is 1.81 bits per heavy atom. The summed E-state index contributed by atoms with van der Waals surface area (Å²) in [6.07, 6.45) is 2.17. The molecule has 90 valence electrons. The molecular formula is C9H12O7. The highest BCUT2D eigenvalue weighted by Gasteiger charge is 1.90. The van der Waals surface area contributed by atoms with E-state index in [9.17, 15) is 14.4 Å². The lowest BCUT2D eigenvalue weighted by Gasteiger charge is -1.94. The lowest BCUT2D eigenvalue weighted by atomic mass is 10.5. The summed E-state index contributed by atoms with van der Waals surface area (Å²) in [5.74, 6) is -3.01. The average Bonchev–Trinajstić information content (AvgIpc) is 2.23. The molecule has 0 saturated carbocycles. The first kappa shape index (κ1) is 16.3. The molecule has 0 aromatic heterocycles. The summed E-state index contributed by atoms with van der Waals surface area (Å²) in [5, 5.41) is 23.7. The number of carbonyl (C=O) groups excluding carboxylic acids is 1. The second-order valence-electron chi connectivity index (χ2n) is 2.11. The Morgan fingerprint density at radius 2 is 1.56 bits per heavy atom. The monoisotopic (exact) mass is 232 g/mol. The Kier molecular flexibility index (Phi) is 11.1. The van der Waals surface area contributed by atoms with Crippen LogP contribution in [0.4, 0.5) is 0 Å². The number of carboxylic acid groups (broad SMARTS) is 2. The number of carbonyl (C=O) groups is 3. The summed E-state index contributed by atoms with van der Waals surface area (Å²) in [6.45, 7) is 3.06. The third-order valence-corrected chi connectivity index (χ3v) is 0.871. The zero-order chi connectivity index (χ0) is 13.0. The number of ether oxygens (including phenoxy) is 1. The van der Waals surface area contributed by atoms with Gasteiger partial charge in [0.05, 0.1) is 6.61 Å². The Labute approximate surface area is 91.3 Å². The van der Waals surface area contributed by atoms with Gasteiger partial charge in [0, 0.05) is 18.2 Å². The molecule has 0 spiro atoms. The molecule has 0 fully saturated rings. The Bertz CT molecular complexity index is 264. The summed E-state index contributed by atoms with van der Waals surface area (Å²) >= 11 is 0. The van der Waals surface area contributed by atoms with E-state index in [2.05, 4.69) is 11.3 Å². The number of hydrogen-bond donors (Lipinski definition) is 3. The third kappa shape index (κ3) is 17.8. The van der Waals surface area contributed by atoms with E-state index in [1.165, 1.54) is 0 Å². The van der Waals surface area contributed by atoms with Gasteiger partial charge in [-0.2, -0.15) is 0 Å². The molecule has 0 aromatic rings. The number of rotatable bonds is 5. The van der Waals surface area contributed by atoms with Crippen molar-refractivity contribution in [3.63, 3.8) is 0 Å². The maximum Gasteiger partial charge on any atom is 0.330 e. The summed E-state index contributed by atoms with van der Waals surface area (Å²) in [4.78, 5) is 29.2. The lowest BCUT2D eigenvalue weighted by molar-refractivity contribution is -0.138. The smallest absolute Gasteiger partial charge is 0.330 e. The largest absolute Gasteiger partial charge is 0.478 e. The van der Waals surface area contributed by atoms with Crippen LogP contribution in [0.1, 0.15) is 0 Å². The van der Waals surface area contributed by atoms with E-state index in [4.69, 9.17) is 15.3 Å². The fourth-order valence-corrected chi connectivity index (χ4v) is 0.348. The Morgan fingerprint density at radius 1 is 1.12 bits per heavy atom. The number of aliphatic carboxylic acids is 2. The van der Waals surface area contributed by atoms with Gasteiger partial charge in [0.1, 0.15) is 6.61 Å². The lowest BCUT2D eigenvalue weighted by Crippen LogP contribution is -2.04. The van der Waals surface area contributed by atoms with Crippen molar-refractivity contribution in [2.24, 2.45) is 0 Å². The SMILES string of the molecule is C=CC(=O)OCCO.O=C(O)/C=C/C(=O)O. The summed E-state index contributed by atoms with van der Waals surface area (Å²) in [6, 6.07) is 0. The summed E-state index contributed by atoms with van der Waals surface area (Å²) in [7, 11) is 0. The first-order chi connectivity index (χ1) is 7.43. The van der Waals surface area contributed by atoms with E-state index in [1.54, 1.807) is 0 Å². The van der Waals surface area contributed by atoms with Crippen molar-refractivity contribution >= 4 is 17.9 Å². The standard InChI is InChI=1S/C5H8O3.C4H4O4/c1-2-5(7)8-4-3-6;5-3(6)1-2-4(7)8/h2,6H,1,3-4H2;1-2H,(H,5,6)(H,7,8)/b;2-1+. The van der Waals surface area contributed by atoms with E-state index >= 15 is 0 Å². The van der Waals surface area contributed by atoms with Gasteiger partial charge in [0.25, 0.3) is 0 Å². The van der Waals surface area contributed by atoms with Crippen molar-refractivity contribution in [2.75, 3.05) is 13.2 Å². The van der Waals surface area contributed by atoms with Crippen LogP contribution in [-0.2, 0) is 19.1 Å². The molecule has 3 N–H and O–H groups in total. The topological polar surface area (TPSA) is 121 Å². The fourth-order valence-electron chi connectivity index (χ4n) is 0.348. The van der Waals surface area contributed by atoms with E-state index in [1.807, 2.05) is 0 Å². The van der Waals surface area contributed by atoms with Gasteiger partial charge in [0.15, 0.2) is 0 Å². The van der Waals surface area contributed by atoms with Crippen LogP contribution in [0.15, 0.2) is 24.8 Å². The minimum Gasteiger partial charge on any atom is -0.478 e. The van der Waals surface area contributed by atoms with Gasteiger partial charge in [0.2, 0.25) is 0 Å². The van der Waals surface area contributed by atoms with E-state index < -0.39 is 17.9 Å². The quantitative estimate of drug-likeness (QED) is 0.428. The van der Waals surface area contributed by atoms with Gasteiger partial charge >= 0.3 is 17.9 Å². The van der Waals surface area contributed by atoms with Crippen LogP contribution in [0.3, 0.4) is 0 Å². The van der Waals surface area contributed by atoms with Gasteiger partial charge in [-0.1, -0.05) is 6.58 Å².